The largest absolute Gasteiger partial charge is 0.493 e. The van der Waals surface area contributed by atoms with E-state index in [0.29, 0.717) is 11.5 Å². The van der Waals surface area contributed by atoms with E-state index in [1.807, 2.05) is 25.1 Å². The molecule has 1 rings (SSSR count). The van der Waals surface area contributed by atoms with Gasteiger partial charge >= 0.3 is 0 Å². The Hall–Kier alpha value is -1.26. The fraction of sp³-hybridized carbons (Fsp3) is 0.500. The van der Waals surface area contributed by atoms with E-state index in [9.17, 15) is 5.11 Å². The molecule has 1 atom stereocenters. The normalized spacial score (nSPS) is 12.2. The summed E-state index contributed by atoms with van der Waals surface area (Å²) in [5.74, 6) is 1.37. The smallest absolute Gasteiger partial charge is 0.161 e. The number of nitrogens with one attached hydrogen (secondary N) is 1. The SMILES string of the molecule is CCNC(CO)c1ccc(OC)c(OC)c1. The van der Waals surface area contributed by atoms with Crippen LogP contribution in [0.1, 0.15) is 18.5 Å². The van der Waals surface area contributed by atoms with Crippen LogP contribution < -0.4 is 14.8 Å². The summed E-state index contributed by atoms with van der Waals surface area (Å²) in [4.78, 5) is 0. The molecule has 1 aromatic carbocycles. The molecule has 0 aliphatic heterocycles. The molecule has 16 heavy (non-hydrogen) atoms. The molecule has 0 aromatic heterocycles. The van der Waals surface area contributed by atoms with Crippen LogP contribution in [-0.4, -0.2) is 32.5 Å². The van der Waals surface area contributed by atoms with Gasteiger partial charge in [-0.1, -0.05) is 13.0 Å². The zero-order valence-corrected chi connectivity index (χ0v) is 9.99. The first-order valence-electron chi connectivity index (χ1n) is 5.33. The van der Waals surface area contributed by atoms with Crippen LogP contribution in [0.4, 0.5) is 0 Å². The third-order valence-corrected chi connectivity index (χ3v) is 2.44. The zero-order valence-electron chi connectivity index (χ0n) is 9.99. The van der Waals surface area contributed by atoms with Gasteiger partial charge in [-0.15, -0.1) is 0 Å². The van der Waals surface area contributed by atoms with Gasteiger partial charge in [0.1, 0.15) is 0 Å². The van der Waals surface area contributed by atoms with Gasteiger partial charge in [-0.3, -0.25) is 0 Å². The van der Waals surface area contributed by atoms with Crippen LogP contribution >= 0.6 is 0 Å². The molecule has 0 aliphatic rings. The standard InChI is InChI=1S/C12H19NO3/c1-4-13-10(8-14)9-5-6-11(15-2)12(7-9)16-3/h5-7,10,13-14H,4,8H2,1-3H3. The first-order valence-corrected chi connectivity index (χ1v) is 5.33. The second-order valence-electron chi connectivity index (χ2n) is 3.41. The number of likely N-dealkylation sites (N-methyl/N-ethyl adjacent to an activating group) is 1. The van der Waals surface area contributed by atoms with E-state index in [1.165, 1.54) is 0 Å². The van der Waals surface area contributed by atoms with Crippen LogP contribution in [0.5, 0.6) is 11.5 Å². The maximum Gasteiger partial charge on any atom is 0.161 e. The van der Waals surface area contributed by atoms with Crippen LogP contribution in [-0.2, 0) is 0 Å². The van der Waals surface area contributed by atoms with E-state index in [2.05, 4.69) is 5.32 Å². The van der Waals surface area contributed by atoms with E-state index in [1.54, 1.807) is 14.2 Å². The Bertz CT molecular complexity index is 328. The molecule has 0 saturated heterocycles. The minimum atomic E-state index is -0.0650. The van der Waals surface area contributed by atoms with E-state index in [-0.39, 0.29) is 12.6 Å². The van der Waals surface area contributed by atoms with Gasteiger partial charge in [-0.2, -0.15) is 0 Å². The van der Waals surface area contributed by atoms with Gasteiger partial charge in [0, 0.05) is 0 Å². The molecule has 0 amide bonds. The van der Waals surface area contributed by atoms with Crippen molar-refractivity contribution in [3.63, 3.8) is 0 Å². The Labute approximate surface area is 96.2 Å². The summed E-state index contributed by atoms with van der Waals surface area (Å²) in [5.41, 5.74) is 0.988. The minimum absolute atomic E-state index is 0.0589. The van der Waals surface area contributed by atoms with Crippen molar-refractivity contribution in [3.05, 3.63) is 23.8 Å². The van der Waals surface area contributed by atoms with Crippen LogP contribution in [0.2, 0.25) is 0 Å². The minimum Gasteiger partial charge on any atom is -0.493 e. The first-order chi connectivity index (χ1) is 7.76. The predicted molar refractivity (Wildman–Crippen MR) is 63.0 cm³/mol. The summed E-state index contributed by atoms with van der Waals surface area (Å²) >= 11 is 0. The molecular formula is C12H19NO3. The third kappa shape index (κ3) is 2.87. The van der Waals surface area contributed by atoms with Crippen LogP contribution in [0.3, 0.4) is 0 Å². The molecule has 1 unspecified atom stereocenters. The average molecular weight is 225 g/mol. The Kier molecular flexibility index (Phi) is 5.08. The van der Waals surface area contributed by atoms with E-state index < -0.39 is 0 Å². The summed E-state index contributed by atoms with van der Waals surface area (Å²) in [6.45, 7) is 2.87. The summed E-state index contributed by atoms with van der Waals surface area (Å²) in [7, 11) is 3.20. The molecule has 90 valence electrons. The van der Waals surface area contributed by atoms with Gasteiger partial charge < -0.3 is 19.9 Å². The summed E-state index contributed by atoms with van der Waals surface area (Å²) in [6.07, 6.45) is 0. The first kappa shape index (κ1) is 12.8. The van der Waals surface area contributed by atoms with Gasteiger partial charge in [0.2, 0.25) is 0 Å². The van der Waals surface area contributed by atoms with E-state index in [4.69, 9.17) is 9.47 Å². The molecular weight excluding hydrogens is 206 g/mol. The van der Waals surface area contributed by atoms with Gasteiger partial charge in [0.05, 0.1) is 26.9 Å². The van der Waals surface area contributed by atoms with Crippen molar-refractivity contribution in [2.24, 2.45) is 0 Å². The third-order valence-electron chi connectivity index (χ3n) is 2.44. The molecule has 0 aliphatic carbocycles. The highest BCUT2D eigenvalue weighted by Gasteiger charge is 2.12. The summed E-state index contributed by atoms with van der Waals surface area (Å²) < 4.78 is 10.4. The number of hydrogen-bond donors (Lipinski definition) is 2. The number of methoxy groups -OCH3 is 2. The molecule has 1 aromatic rings. The Morgan fingerprint density at radius 1 is 1.25 bits per heavy atom. The number of benzene rings is 1. The highest BCUT2D eigenvalue weighted by molar-refractivity contribution is 5.43. The lowest BCUT2D eigenvalue weighted by molar-refractivity contribution is 0.246. The van der Waals surface area contributed by atoms with Gasteiger partial charge in [-0.25, -0.2) is 0 Å². The monoisotopic (exact) mass is 225 g/mol. The number of ether oxygens (including phenoxy) is 2. The molecule has 0 radical (unpaired) electrons. The van der Waals surface area contributed by atoms with E-state index >= 15 is 0 Å². The maximum atomic E-state index is 9.27. The van der Waals surface area contributed by atoms with Crippen molar-refractivity contribution in [1.82, 2.24) is 5.32 Å². The summed E-state index contributed by atoms with van der Waals surface area (Å²) in [6, 6.07) is 5.58. The quantitative estimate of drug-likeness (QED) is 0.767. The van der Waals surface area contributed by atoms with Crippen LogP contribution in [0, 0.1) is 0 Å². The van der Waals surface area contributed by atoms with Crippen molar-refractivity contribution in [2.75, 3.05) is 27.4 Å². The van der Waals surface area contributed by atoms with Crippen molar-refractivity contribution in [3.8, 4) is 11.5 Å². The molecule has 4 nitrogen and oxygen atoms in total. The Morgan fingerprint density at radius 2 is 1.94 bits per heavy atom. The molecule has 4 heteroatoms. The molecule has 0 spiro atoms. The summed E-state index contributed by atoms with van der Waals surface area (Å²) in [5, 5.41) is 12.5. The molecule has 2 N–H and O–H groups in total. The van der Waals surface area contributed by atoms with Crippen LogP contribution in [0.15, 0.2) is 18.2 Å². The zero-order chi connectivity index (χ0) is 12.0. The lowest BCUT2D eigenvalue weighted by atomic mass is 10.1. The molecule has 0 saturated carbocycles. The van der Waals surface area contributed by atoms with Gasteiger partial charge in [0.15, 0.2) is 11.5 Å². The predicted octanol–water partition coefficient (Wildman–Crippen LogP) is 1.35. The molecule has 0 bridgehead atoms. The molecule has 0 heterocycles. The van der Waals surface area contributed by atoms with Gasteiger partial charge in [0.25, 0.3) is 0 Å². The average Bonchev–Trinajstić information content (AvgIpc) is 2.35. The van der Waals surface area contributed by atoms with Crippen molar-refractivity contribution in [1.29, 1.82) is 0 Å². The van der Waals surface area contributed by atoms with Crippen molar-refractivity contribution >= 4 is 0 Å². The fourth-order valence-corrected chi connectivity index (χ4v) is 1.60. The molecule has 0 fully saturated rings. The van der Waals surface area contributed by atoms with Crippen LogP contribution in [0.25, 0.3) is 0 Å². The highest BCUT2D eigenvalue weighted by Crippen LogP contribution is 2.29. The number of aliphatic hydroxyl groups is 1. The van der Waals surface area contributed by atoms with E-state index in [0.717, 1.165) is 12.1 Å². The van der Waals surface area contributed by atoms with Crippen molar-refractivity contribution in [2.45, 2.75) is 13.0 Å². The maximum absolute atomic E-state index is 9.27. The Balaban J connectivity index is 2.96. The number of hydrogen-bond acceptors (Lipinski definition) is 4. The fourth-order valence-electron chi connectivity index (χ4n) is 1.60. The topological polar surface area (TPSA) is 50.7 Å². The second kappa shape index (κ2) is 6.35. The number of aliphatic hydroxyl groups excluding tert-OH is 1. The van der Waals surface area contributed by atoms with Crippen molar-refractivity contribution < 1.29 is 14.6 Å². The highest BCUT2D eigenvalue weighted by atomic mass is 16.5. The number of rotatable bonds is 6. The second-order valence-corrected chi connectivity index (χ2v) is 3.41. The lowest BCUT2D eigenvalue weighted by Crippen LogP contribution is -2.23. The lowest BCUT2D eigenvalue weighted by Gasteiger charge is -2.17. The Morgan fingerprint density at radius 3 is 2.44 bits per heavy atom. The van der Waals surface area contributed by atoms with Gasteiger partial charge in [-0.05, 0) is 24.2 Å².